The Morgan fingerprint density at radius 2 is 2.24 bits per heavy atom. The number of alkyl halides is 3. The third-order valence-electron chi connectivity index (χ3n) is 3.55. The summed E-state index contributed by atoms with van der Waals surface area (Å²) in [6.07, 6.45) is -3.23. The molecule has 1 N–H and O–H groups in total. The number of ether oxygens (including phenoxy) is 1. The number of aromatic nitrogens is 2. The summed E-state index contributed by atoms with van der Waals surface area (Å²) >= 11 is 0. The number of halogens is 3. The molecule has 21 heavy (non-hydrogen) atoms. The van der Waals surface area contributed by atoms with Crippen molar-refractivity contribution in [1.82, 2.24) is 9.78 Å². The van der Waals surface area contributed by atoms with Crippen molar-refractivity contribution in [3.8, 4) is 5.75 Å². The molecule has 0 saturated carbocycles. The highest BCUT2D eigenvalue weighted by molar-refractivity contribution is 5.42. The van der Waals surface area contributed by atoms with Crippen molar-refractivity contribution in [3.63, 3.8) is 0 Å². The molecule has 3 rings (SSSR count). The minimum atomic E-state index is -4.35. The van der Waals surface area contributed by atoms with E-state index in [-0.39, 0.29) is 12.2 Å². The van der Waals surface area contributed by atoms with Crippen LogP contribution in [0.5, 0.6) is 5.75 Å². The largest absolute Gasteiger partial charge is 0.497 e. The van der Waals surface area contributed by atoms with E-state index in [0.717, 1.165) is 10.2 Å². The zero-order valence-electron chi connectivity index (χ0n) is 11.2. The van der Waals surface area contributed by atoms with Crippen molar-refractivity contribution in [3.05, 3.63) is 42.1 Å². The standard InChI is InChI=1S/C14H13F3N3O/c1-21-10-4-2-3-9(7-10)11-8-12(14(15,16)17)20-13(19-11)5-6-18-20/h2-4,6-7,11-12,19H,8H2,1H3. The van der Waals surface area contributed by atoms with Crippen LogP contribution in [-0.4, -0.2) is 23.1 Å². The van der Waals surface area contributed by atoms with Crippen LogP contribution in [0.25, 0.3) is 0 Å². The molecule has 0 aliphatic carbocycles. The highest BCUT2D eigenvalue weighted by Gasteiger charge is 2.46. The first-order chi connectivity index (χ1) is 9.99. The number of anilines is 1. The minimum absolute atomic E-state index is 0.126. The molecule has 0 amide bonds. The first-order valence-corrected chi connectivity index (χ1v) is 6.41. The van der Waals surface area contributed by atoms with E-state index in [1.807, 2.05) is 0 Å². The lowest BCUT2D eigenvalue weighted by Crippen LogP contribution is -2.35. The topological polar surface area (TPSA) is 39.1 Å². The van der Waals surface area contributed by atoms with Gasteiger partial charge in [0.1, 0.15) is 11.6 Å². The smallest absolute Gasteiger partial charge is 0.410 e. The molecular formula is C14H13F3N3O. The summed E-state index contributed by atoms with van der Waals surface area (Å²) < 4.78 is 45.7. The van der Waals surface area contributed by atoms with Crippen molar-refractivity contribution in [1.29, 1.82) is 0 Å². The fourth-order valence-electron chi connectivity index (χ4n) is 2.52. The van der Waals surface area contributed by atoms with E-state index in [2.05, 4.69) is 16.5 Å². The monoisotopic (exact) mass is 296 g/mol. The van der Waals surface area contributed by atoms with Crippen molar-refractivity contribution >= 4 is 5.82 Å². The van der Waals surface area contributed by atoms with Crippen molar-refractivity contribution in [2.45, 2.75) is 24.7 Å². The van der Waals surface area contributed by atoms with Crippen molar-refractivity contribution < 1.29 is 17.9 Å². The molecule has 1 aliphatic heterocycles. The van der Waals surface area contributed by atoms with Gasteiger partial charge in [0.2, 0.25) is 0 Å². The third-order valence-corrected chi connectivity index (χ3v) is 3.55. The zero-order chi connectivity index (χ0) is 15.0. The highest BCUT2D eigenvalue weighted by Crippen LogP contribution is 2.43. The number of benzene rings is 1. The molecule has 2 aromatic rings. The van der Waals surface area contributed by atoms with Crippen LogP contribution in [0.3, 0.4) is 0 Å². The molecule has 7 heteroatoms. The Labute approximate surface area is 119 Å². The van der Waals surface area contributed by atoms with Crippen LogP contribution >= 0.6 is 0 Å². The van der Waals surface area contributed by atoms with Gasteiger partial charge in [-0.25, -0.2) is 4.68 Å². The number of hydrogen-bond donors (Lipinski definition) is 1. The maximum atomic E-state index is 13.2. The van der Waals surface area contributed by atoms with Gasteiger partial charge in [-0.3, -0.25) is 0 Å². The molecule has 2 heterocycles. The van der Waals surface area contributed by atoms with Gasteiger partial charge >= 0.3 is 6.18 Å². The van der Waals surface area contributed by atoms with Crippen LogP contribution in [0.15, 0.2) is 30.5 Å². The second kappa shape index (κ2) is 4.98. The van der Waals surface area contributed by atoms with Crippen molar-refractivity contribution in [2.24, 2.45) is 0 Å². The summed E-state index contributed by atoms with van der Waals surface area (Å²) in [7, 11) is 1.52. The van der Waals surface area contributed by atoms with Crippen LogP contribution < -0.4 is 10.1 Å². The summed E-state index contributed by atoms with van der Waals surface area (Å²) in [6, 6.07) is 7.60. The predicted octanol–water partition coefficient (Wildman–Crippen LogP) is 3.35. The Kier molecular flexibility index (Phi) is 3.27. The lowest BCUT2D eigenvalue weighted by Gasteiger charge is -2.33. The summed E-state index contributed by atoms with van der Waals surface area (Å²) in [5, 5.41) is 6.76. The molecule has 111 valence electrons. The van der Waals surface area contributed by atoms with E-state index < -0.39 is 18.3 Å². The molecule has 0 saturated heterocycles. The fourth-order valence-corrected chi connectivity index (χ4v) is 2.52. The van der Waals surface area contributed by atoms with Crippen molar-refractivity contribution in [2.75, 3.05) is 12.4 Å². The number of methoxy groups -OCH3 is 1. The first-order valence-electron chi connectivity index (χ1n) is 6.41. The normalized spacial score (nSPS) is 21.5. The summed E-state index contributed by atoms with van der Waals surface area (Å²) in [4.78, 5) is 0. The number of nitrogens with one attached hydrogen (secondary N) is 1. The summed E-state index contributed by atoms with van der Waals surface area (Å²) in [5.41, 5.74) is 0.740. The zero-order valence-corrected chi connectivity index (χ0v) is 11.2. The van der Waals surface area contributed by atoms with Gasteiger partial charge in [0.05, 0.1) is 19.3 Å². The quantitative estimate of drug-likeness (QED) is 0.923. The molecule has 4 nitrogen and oxygen atoms in total. The average Bonchev–Trinajstić information content (AvgIpc) is 2.93. The molecule has 1 aliphatic rings. The molecule has 1 aromatic heterocycles. The van der Waals surface area contributed by atoms with E-state index in [1.165, 1.54) is 13.3 Å². The molecule has 0 fully saturated rings. The molecular weight excluding hydrogens is 283 g/mol. The van der Waals surface area contributed by atoms with Crippen LogP contribution in [0.1, 0.15) is 24.1 Å². The van der Waals surface area contributed by atoms with Gasteiger partial charge in [0.25, 0.3) is 0 Å². The number of fused-ring (bicyclic) bond motifs is 1. The van der Waals surface area contributed by atoms with Gasteiger partial charge in [-0.2, -0.15) is 18.3 Å². The Morgan fingerprint density at radius 3 is 2.95 bits per heavy atom. The Morgan fingerprint density at radius 1 is 1.43 bits per heavy atom. The fraction of sp³-hybridized carbons (Fsp3) is 0.357. The summed E-state index contributed by atoms with van der Waals surface area (Å²) in [6.45, 7) is 0. The molecule has 2 unspecified atom stereocenters. The van der Waals surface area contributed by atoms with E-state index in [1.54, 1.807) is 24.3 Å². The van der Waals surface area contributed by atoms with Gasteiger partial charge in [-0.15, -0.1) is 0 Å². The maximum absolute atomic E-state index is 13.2. The molecule has 1 radical (unpaired) electrons. The molecule has 0 bridgehead atoms. The van der Waals surface area contributed by atoms with Crippen LogP contribution in [0.2, 0.25) is 0 Å². The first kappa shape index (κ1) is 13.8. The van der Waals surface area contributed by atoms with Crippen LogP contribution in [0.4, 0.5) is 19.0 Å². The lowest BCUT2D eigenvalue weighted by atomic mass is 9.97. The Bertz CT molecular complexity index is 638. The lowest BCUT2D eigenvalue weighted by molar-refractivity contribution is -0.173. The average molecular weight is 296 g/mol. The number of rotatable bonds is 2. The van der Waals surface area contributed by atoms with Gasteiger partial charge < -0.3 is 10.1 Å². The van der Waals surface area contributed by atoms with Gasteiger partial charge in [0.15, 0.2) is 6.04 Å². The van der Waals surface area contributed by atoms with E-state index in [0.29, 0.717) is 5.75 Å². The van der Waals surface area contributed by atoms with Crippen LogP contribution in [-0.2, 0) is 0 Å². The van der Waals surface area contributed by atoms with Gasteiger partial charge in [-0.1, -0.05) is 12.1 Å². The van der Waals surface area contributed by atoms with E-state index >= 15 is 0 Å². The third kappa shape index (κ3) is 2.55. The van der Waals surface area contributed by atoms with Gasteiger partial charge in [0, 0.05) is 12.5 Å². The SMILES string of the molecule is COc1cccc(C2CC(C(F)(F)F)n3nc[c]c3N2)c1. The van der Waals surface area contributed by atoms with E-state index in [4.69, 9.17) is 4.74 Å². The minimum Gasteiger partial charge on any atom is -0.497 e. The molecule has 0 spiro atoms. The predicted molar refractivity (Wildman–Crippen MR) is 70.1 cm³/mol. The molecule has 1 aromatic carbocycles. The molecule has 2 atom stereocenters. The van der Waals surface area contributed by atoms with E-state index in [9.17, 15) is 13.2 Å². The summed E-state index contributed by atoms with van der Waals surface area (Å²) in [5.74, 6) is 0.859. The Balaban J connectivity index is 1.96. The van der Waals surface area contributed by atoms with Crippen LogP contribution in [0, 0.1) is 6.07 Å². The second-order valence-electron chi connectivity index (χ2n) is 4.85. The number of hydrogen-bond acceptors (Lipinski definition) is 3. The highest BCUT2D eigenvalue weighted by atomic mass is 19.4. The number of nitrogens with zero attached hydrogens (tertiary/aromatic N) is 2. The van der Waals surface area contributed by atoms with Gasteiger partial charge in [-0.05, 0) is 17.7 Å². The maximum Gasteiger partial charge on any atom is 0.410 e. The second-order valence-corrected chi connectivity index (χ2v) is 4.85. The Hall–Kier alpha value is -2.18.